The van der Waals surface area contributed by atoms with Crippen molar-refractivity contribution in [3.63, 3.8) is 0 Å². The number of benzene rings is 1. The Bertz CT molecular complexity index is 942. The molecule has 1 aliphatic rings. The van der Waals surface area contributed by atoms with Crippen LogP contribution in [0.1, 0.15) is 37.4 Å². The minimum atomic E-state index is -4.40. The van der Waals surface area contributed by atoms with Crippen LogP contribution in [0, 0.1) is 11.6 Å². The Kier molecular flexibility index (Phi) is 5.72. The molecule has 1 saturated carbocycles. The third-order valence-corrected chi connectivity index (χ3v) is 4.85. The van der Waals surface area contributed by atoms with Crippen molar-refractivity contribution in [2.24, 2.45) is 0 Å². The van der Waals surface area contributed by atoms with Crippen LogP contribution in [0.2, 0.25) is 0 Å². The Morgan fingerprint density at radius 3 is 2.50 bits per heavy atom. The monoisotopic (exact) mass is 429 g/mol. The van der Waals surface area contributed by atoms with Crippen molar-refractivity contribution >= 4 is 11.7 Å². The Hall–Kier alpha value is -2.75. The summed E-state index contributed by atoms with van der Waals surface area (Å²) in [6.45, 7) is -0.00267. The molecule has 162 valence electrons. The Morgan fingerprint density at radius 1 is 1.20 bits per heavy atom. The smallest absolute Gasteiger partial charge is 0.385 e. The molecule has 1 atom stereocenters. The molecule has 30 heavy (non-hydrogen) atoms. The van der Waals surface area contributed by atoms with Crippen LogP contribution >= 0.6 is 0 Å². The van der Waals surface area contributed by atoms with Gasteiger partial charge in [0.1, 0.15) is 24.0 Å². The zero-order valence-corrected chi connectivity index (χ0v) is 16.0. The number of carbonyl (C=O) groups is 1. The standard InChI is InChI=1S/C20H20F5N3O2/c1-18(30,13-6-5-12(21)9-14(13)22)10-17(29)28-19(7-8-19)15-3-2-4-16(27-15)26-11-20(23,24)25/h2-6,9,30H,7-8,10-11H2,1H3,(H,26,27)(H,28,29)/t18-/m0/s1. The van der Waals surface area contributed by atoms with Gasteiger partial charge < -0.3 is 15.7 Å². The molecule has 1 aromatic heterocycles. The number of alkyl halides is 3. The van der Waals surface area contributed by atoms with E-state index in [1.165, 1.54) is 19.1 Å². The Labute approximate surface area is 169 Å². The van der Waals surface area contributed by atoms with Gasteiger partial charge in [-0.15, -0.1) is 0 Å². The lowest BCUT2D eigenvalue weighted by molar-refractivity contribution is -0.127. The molecule has 3 N–H and O–H groups in total. The average molecular weight is 429 g/mol. The van der Waals surface area contributed by atoms with Crippen molar-refractivity contribution in [1.82, 2.24) is 10.3 Å². The molecule has 3 rings (SSSR count). The number of aromatic nitrogens is 1. The van der Waals surface area contributed by atoms with Crippen LogP contribution in [0.15, 0.2) is 36.4 Å². The SMILES string of the molecule is C[C@](O)(CC(=O)NC1(c2cccc(NCC(F)(F)F)n2)CC1)c1ccc(F)cc1F. The number of amides is 1. The van der Waals surface area contributed by atoms with E-state index in [0.29, 0.717) is 24.6 Å². The summed E-state index contributed by atoms with van der Waals surface area (Å²) in [5.41, 5.74) is -2.58. The van der Waals surface area contributed by atoms with E-state index in [4.69, 9.17) is 0 Å². The van der Waals surface area contributed by atoms with Crippen LogP contribution in [0.3, 0.4) is 0 Å². The van der Waals surface area contributed by atoms with Crippen LogP contribution in [0.25, 0.3) is 0 Å². The van der Waals surface area contributed by atoms with Crippen LogP contribution in [-0.2, 0) is 15.9 Å². The highest BCUT2D eigenvalue weighted by molar-refractivity contribution is 5.78. The van der Waals surface area contributed by atoms with Crippen molar-refractivity contribution in [3.8, 4) is 0 Å². The number of anilines is 1. The fraction of sp³-hybridized carbons (Fsp3) is 0.400. The molecule has 1 aliphatic carbocycles. The molecule has 0 aliphatic heterocycles. The van der Waals surface area contributed by atoms with E-state index in [-0.39, 0.29) is 11.4 Å². The second kappa shape index (κ2) is 7.82. The number of nitrogens with one attached hydrogen (secondary N) is 2. The summed E-state index contributed by atoms with van der Waals surface area (Å²) in [6, 6.07) is 7.17. The zero-order chi connectivity index (χ0) is 22.2. The zero-order valence-electron chi connectivity index (χ0n) is 16.0. The van der Waals surface area contributed by atoms with E-state index in [1.54, 1.807) is 6.07 Å². The summed E-state index contributed by atoms with van der Waals surface area (Å²) in [5.74, 6) is -2.36. The molecular weight excluding hydrogens is 409 g/mol. The van der Waals surface area contributed by atoms with Crippen LogP contribution in [0.4, 0.5) is 27.8 Å². The number of nitrogens with zero attached hydrogens (tertiary/aromatic N) is 1. The number of rotatable bonds is 7. The summed E-state index contributed by atoms with van der Waals surface area (Å²) in [7, 11) is 0. The van der Waals surface area contributed by atoms with Gasteiger partial charge in [0.05, 0.1) is 23.3 Å². The predicted octanol–water partition coefficient (Wildman–Crippen LogP) is 3.74. The van der Waals surface area contributed by atoms with E-state index < -0.39 is 47.8 Å². The molecule has 0 radical (unpaired) electrons. The van der Waals surface area contributed by atoms with E-state index in [2.05, 4.69) is 15.6 Å². The van der Waals surface area contributed by atoms with Crippen LogP contribution in [0.5, 0.6) is 0 Å². The summed E-state index contributed by atoms with van der Waals surface area (Å²) in [5, 5.41) is 15.5. The molecular formula is C20H20F5N3O2. The maximum Gasteiger partial charge on any atom is 0.405 e. The largest absolute Gasteiger partial charge is 0.405 e. The van der Waals surface area contributed by atoms with Gasteiger partial charge in [-0.05, 0) is 38.0 Å². The van der Waals surface area contributed by atoms with Crippen molar-refractivity contribution < 1.29 is 31.9 Å². The number of carbonyl (C=O) groups excluding carboxylic acids is 1. The lowest BCUT2D eigenvalue weighted by atomic mass is 9.91. The first kappa shape index (κ1) is 21.9. The molecule has 1 heterocycles. The summed E-state index contributed by atoms with van der Waals surface area (Å²) in [6.07, 6.45) is -3.86. The molecule has 0 spiro atoms. The maximum atomic E-state index is 14.0. The number of aliphatic hydroxyl groups is 1. The van der Waals surface area contributed by atoms with Crippen molar-refractivity contribution in [2.45, 2.75) is 43.5 Å². The van der Waals surface area contributed by atoms with Gasteiger partial charge in [-0.2, -0.15) is 13.2 Å². The molecule has 2 aromatic rings. The minimum absolute atomic E-state index is 0.0192. The fourth-order valence-electron chi connectivity index (χ4n) is 3.21. The van der Waals surface area contributed by atoms with Gasteiger partial charge in [-0.1, -0.05) is 12.1 Å². The molecule has 1 fully saturated rings. The first-order valence-electron chi connectivity index (χ1n) is 9.17. The number of halogens is 5. The second-order valence-corrected chi connectivity index (χ2v) is 7.58. The molecule has 5 nitrogen and oxygen atoms in total. The molecule has 10 heteroatoms. The summed E-state index contributed by atoms with van der Waals surface area (Å²) in [4.78, 5) is 16.7. The van der Waals surface area contributed by atoms with Crippen molar-refractivity contribution in [1.29, 1.82) is 0 Å². The van der Waals surface area contributed by atoms with Crippen molar-refractivity contribution in [2.75, 3.05) is 11.9 Å². The molecule has 0 unspecified atom stereocenters. The van der Waals surface area contributed by atoms with E-state index in [9.17, 15) is 31.9 Å². The minimum Gasteiger partial charge on any atom is -0.385 e. The highest BCUT2D eigenvalue weighted by Gasteiger charge is 2.48. The predicted molar refractivity (Wildman–Crippen MR) is 98.4 cm³/mol. The number of hydrogen-bond acceptors (Lipinski definition) is 4. The maximum absolute atomic E-state index is 14.0. The van der Waals surface area contributed by atoms with Gasteiger partial charge in [-0.25, -0.2) is 13.8 Å². The Balaban J connectivity index is 1.69. The van der Waals surface area contributed by atoms with Gasteiger partial charge in [-0.3, -0.25) is 4.79 Å². The quantitative estimate of drug-likeness (QED) is 0.587. The van der Waals surface area contributed by atoms with E-state index >= 15 is 0 Å². The lowest BCUT2D eigenvalue weighted by Gasteiger charge is -2.26. The first-order chi connectivity index (χ1) is 13.9. The molecule has 1 amide bonds. The van der Waals surface area contributed by atoms with Crippen LogP contribution < -0.4 is 10.6 Å². The third-order valence-electron chi connectivity index (χ3n) is 4.85. The van der Waals surface area contributed by atoms with Gasteiger partial charge >= 0.3 is 6.18 Å². The Morgan fingerprint density at radius 2 is 1.90 bits per heavy atom. The number of pyridine rings is 1. The van der Waals surface area contributed by atoms with Crippen molar-refractivity contribution in [3.05, 3.63) is 59.3 Å². The normalized spacial score (nSPS) is 17.2. The summed E-state index contributed by atoms with van der Waals surface area (Å²) >= 11 is 0. The highest BCUT2D eigenvalue weighted by atomic mass is 19.4. The van der Waals surface area contributed by atoms with Gasteiger partial charge in [0.25, 0.3) is 0 Å². The third kappa shape index (κ3) is 5.24. The second-order valence-electron chi connectivity index (χ2n) is 7.58. The fourth-order valence-corrected chi connectivity index (χ4v) is 3.21. The highest BCUT2D eigenvalue weighted by Crippen LogP contribution is 2.45. The average Bonchev–Trinajstić information content (AvgIpc) is 3.39. The van der Waals surface area contributed by atoms with Gasteiger partial charge in [0.15, 0.2) is 0 Å². The summed E-state index contributed by atoms with van der Waals surface area (Å²) < 4.78 is 64.2. The molecule has 0 bridgehead atoms. The first-order valence-corrected chi connectivity index (χ1v) is 9.17. The molecule has 1 aromatic carbocycles. The van der Waals surface area contributed by atoms with Gasteiger partial charge in [0.2, 0.25) is 5.91 Å². The topological polar surface area (TPSA) is 74.2 Å². The lowest BCUT2D eigenvalue weighted by Crippen LogP contribution is -2.39. The number of hydrogen-bond donors (Lipinski definition) is 3. The van der Waals surface area contributed by atoms with E-state index in [0.717, 1.165) is 12.1 Å². The van der Waals surface area contributed by atoms with Gasteiger partial charge in [0, 0.05) is 11.6 Å². The molecule has 0 saturated heterocycles. The van der Waals surface area contributed by atoms with E-state index in [1.807, 2.05) is 0 Å². The van der Waals surface area contributed by atoms with Crippen LogP contribution in [-0.4, -0.2) is 28.7 Å².